The van der Waals surface area contributed by atoms with Crippen LogP contribution < -0.4 is 16.4 Å². The van der Waals surface area contributed by atoms with Gasteiger partial charge in [0.2, 0.25) is 0 Å². The quantitative estimate of drug-likeness (QED) is 0.779. The van der Waals surface area contributed by atoms with Gasteiger partial charge in [0.15, 0.2) is 0 Å². The molecule has 5 heteroatoms. The van der Waals surface area contributed by atoms with Crippen LogP contribution in [0.5, 0.6) is 0 Å². The number of nitrogens with two attached hydrogens (primary N) is 2. The topological polar surface area (TPSA) is 71.4 Å². The molecule has 1 aromatic heterocycles. The number of nitrogens with zero attached hydrogens (tertiary/aromatic N) is 3. The molecule has 4 N–H and O–H groups in total. The molecule has 1 aliphatic carbocycles. The van der Waals surface area contributed by atoms with Crippen molar-refractivity contribution in [3.8, 4) is 0 Å². The van der Waals surface area contributed by atoms with E-state index in [-0.39, 0.29) is 0 Å². The average molecular weight is 233 g/mol. The number of anilines is 3. The van der Waals surface area contributed by atoms with Crippen LogP contribution in [0.4, 0.5) is 17.3 Å². The first-order chi connectivity index (χ1) is 8.24. The molecule has 0 spiro atoms. The first kappa shape index (κ1) is 10.7. The zero-order chi connectivity index (χ0) is 11.8. The first-order valence-corrected chi connectivity index (χ1v) is 6.25. The molecule has 1 aromatic rings. The lowest BCUT2D eigenvalue weighted by Crippen LogP contribution is -2.47. The highest BCUT2D eigenvalue weighted by molar-refractivity contribution is 5.62. The molecule has 0 radical (unpaired) electrons. The van der Waals surface area contributed by atoms with Crippen LogP contribution in [0.25, 0.3) is 0 Å². The Morgan fingerprint density at radius 2 is 1.76 bits per heavy atom. The van der Waals surface area contributed by atoms with Crippen molar-refractivity contribution in [2.75, 3.05) is 42.5 Å². The normalized spacial score (nSPS) is 21.8. The number of nitrogen functional groups attached to an aromatic ring is 2. The smallest absolute Gasteiger partial charge is 0.149 e. The van der Waals surface area contributed by atoms with Gasteiger partial charge in [-0.05, 0) is 25.0 Å². The summed E-state index contributed by atoms with van der Waals surface area (Å²) in [6.45, 7) is 4.34. The van der Waals surface area contributed by atoms with E-state index in [1.165, 1.54) is 12.8 Å². The summed E-state index contributed by atoms with van der Waals surface area (Å²) in [5.74, 6) is 1.39. The van der Waals surface area contributed by atoms with Crippen molar-refractivity contribution < 1.29 is 0 Å². The average Bonchev–Trinajstić information content (AvgIpc) is 3.17. The van der Waals surface area contributed by atoms with Gasteiger partial charge in [0, 0.05) is 32.2 Å². The zero-order valence-electron chi connectivity index (χ0n) is 9.97. The number of hydrogen-bond donors (Lipinski definition) is 2. The fraction of sp³-hybridized carbons (Fsp3) is 0.583. The van der Waals surface area contributed by atoms with Gasteiger partial charge in [-0.1, -0.05) is 0 Å². The number of hydrogen-bond acceptors (Lipinski definition) is 5. The predicted octanol–water partition coefficient (Wildman–Crippen LogP) is 0.530. The zero-order valence-corrected chi connectivity index (χ0v) is 9.97. The Bertz CT molecular complexity index is 407. The van der Waals surface area contributed by atoms with Gasteiger partial charge in [-0.25, -0.2) is 4.98 Å². The molecule has 1 aliphatic heterocycles. The van der Waals surface area contributed by atoms with Gasteiger partial charge in [-0.3, -0.25) is 4.90 Å². The molecule has 3 rings (SSSR count). The van der Waals surface area contributed by atoms with Crippen LogP contribution in [0.2, 0.25) is 0 Å². The Kier molecular flexibility index (Phi) is 2.55. The van der Waals surface area contributed by atoms with E-state index in [0.717, 1.165) is 38.0 Å². The van der Waals surface area contributed by atoms with Gasteiger partial charge in [-0.15, -0.1) is 0 Å². The van der Waals surface area contributed by atoms with Crippen molar-refractivity contribution in [2.45, 2.75) is 18.9 Å². The van der Waals surface area contributed by atoms with Crippen molar-refractivity contribution in [1.29, 1.82) is 0 Å². The van der Waals surface area contributed by atoms with Crippen molar-refractivity contribution in [1.82, 2.24) is 9.88 Å². The highest BCUT2D eigenvalue weighted by Crippen LogP contribution is 2.28. The summed E-state index contributed by atoms with van der Waals surface area (Å²) < 4.78 is 0. The van der Waals surface area contributed by atoms with E-state index in [9.17, 15) is 0 Å². The standard InChI is InChI=1S/C12H19N5/c13-10-3-4-11(15-12(10)14)17-7-5-16(6-8-17)9-1-2-9/h3-4,9H,1-2,5-8,13H2,(H2,14,15). The van der Waals surface area contributed by atoms with Gasteiger partial charge in [0.05, 0.1) is 5.69 Å². The van der Waals surface area contributed by atoms with E-state index in [0.29, 0.717) is 11.5 Å². The molecule has 0 atom stereocenters. The Labute approximate surface area is 101 Å². The van der Waals surface area contributed by atoms with Gasteiger partial charge in [0.25, 0.3) is 0 Å². The predicted molar refractivity (Wildman–Crippen MR) is 69.9 cm³/mol. The maximum absolute atomic E-state index is 5.74. The first-order valence-electron chi connectivity index (χ1n) is 6.25. The lowest BCUT2D eigenvalue weighted by Gasteiger charge is -2.35. The maximum Gasteiger partial charge on any atom is 0.149 e. The van der Waals surface area contributed by atoms with Crippen LogP contribution >= 0.6 is 0 Å². The Balaban J connectivity index is 1.66. The van der Waals surface area contributed by atoms with Crippen LogP contribution in [-0.2, 0) is 0 Å². The monoisotopic (exact) mass is 233 g/mol. The molecule has 1 saturated carbocycles. The second-order valence-corrected chi connectivity index (χ2v) is 4.90. The Hall–Kier alpha value is -1.49. The lowest BCUT2D eigenvalue weighted by atomic mass is 10.3. The van der Waals surface area contributed by atoms with E-state index < -0.39 is 0 Å². The van der Waals surface area contributed by atoms with E-state index in [4.69, 9.17) is 11.5 Å². The van der Waals surface area contributed by atoms with E-state index in [1.807, 2.05) is 12.1 Å². The second kappa shape index (κ2) is 4.07. The Morgan fingerprint density at radius 3 is 2.35 bits per heavy atom. The summed E-state index contributed by atoms with van der Waals surface area (Å²) in [5.41, 5.74) is 12.0. The third kappa shape index (κ3) is 2.15. The van der Waals surface area contributed by atoms with Crippen molar-refractivity contribution in [3.63, 3.8) is 0 Å². The number of rotatable bonds is 2. The molecule has 0 aromatic carbocycles. The molecule has 0 amide bonds. The minimum atomic E-state index is 0.437. The molecular formula is C12H19N5. The van der Waals surface area contributed by atoms with Crippen LogP contribution in [0.15, 0.2) is 12.1 Å². The molecule has 2 fully saturated rings. The van der Waals surface area contributed by atoms with Gasteiger partial charge in [-0.2, -0.15) is 0 Å². The van der Waals surface area contributed by atoms with Gasteiger partial charge >= 0.3 is 0 Å². The third-order valence-electron chi connectivity index (χ3n) is 3.64. The van der Waals surface area contributed by atoms with E-state index >= 15 is 0 Å². The molecule has 0 unspecified atom stereocenters. The fourth-order valence-corrected chi connectivity index (χ4v) is 2.41. The summed E-state index contributed by atoms with van der Waals surface area (Å²) in [4.78, 5) is 9.21. The summed E-state index contributed by atoms with van der Waals surface area (Å²) >= 11 is 0. The van der Waals surface area contributed by atoms with Crippen molar-refractivity contribution >= 4 is 17.3 Å². The van der Waals surface area contributed by atoms with Crippen LogP contribution in [0, 0.1) is 0 Å². The molecule has 0 bridgehead atoms. The minimum absolute atomic E-state index is 0.437. The van der Waals surface area contributed by atoms with Crippen LogP contribution in [0.1, 0.15) is 12.8 Å². The highest BCUT2D eigenvalue weighted by Gasteiger charge is 2.31. The summed E-state index contributed by atoms with van der Waals surface area (Å²) in [7, 11) is 0. The van der Waals surface area contributed by atoms with E-state index in [2.05, 4.69) is 14.8 Å². The van der Waals surface area contributed by atoms with Crippen molar-refractivity contribution in [3.05, 3.63) is 12.1 Å². The highest BCUT2D eigenvalue weighted by atomic mass is 15.3. The molecule has 2 heterocycles. The number of aromatic nitrogens is 1. The SMILES string of the molecule is Nc1ccc(N2CCN(C3CC3)CC2)nc1N. The van der Waals surface area contributed by atoms with E-state index in [1.54, 1.807) is 0 Å². The number of pyridine rings is 1. The van der Waals surface area contributed by atoms with Gasteiger partial charge < -0.3 is 16.4 Å². The minimum Gasteiger partial charge on any atom is -0.396 e. The maximum atomic E-state index is 5.74. The fourth-order valence-electron chi connectivity index (χ4n) is 2.41. The molecule has 1 saturated heterocycles. The second-order valence-electron chi connectivity index (χ2n) is 4.90. The summed E-state index contributed by atoms with van der Waals surface area (Å²) in [6.07, 6.45) is 2.76. The summed E-state index contributed by atoms with van der Waals surface area (Å²) in [5, 5.41) is 0. The largest absolute Gasteiger partial charge is 0.396 e. The third-order valence-corrected chi connectivity index (χ3v) is 3.64. The van der Waals surface area contributed by atoms with Crippen molar-refractivity contribution in [2.24, 2.45) is 0 Å². The van der Waals surface area contributed by atoms with Crippen LogP contribution in [0.3, 0.4) is 0 Å². The Morgan fingerprint density at radius 1 is 1.06 bits per heavy atom. The molecule has 17 heavy (non-hydrogen) atoms. The molecule has 92 valence electrons. The van der Waals surface area contributed by atoms with Crippen LogP contribution in [-0.4, -0.2) is 42.1 Å². The summed E-state index contributed by atoms with van der Waals surface area (Å²) in [6, 6.07) is 4.66. The lowest BCUT2D eigenvalue weighted by molar-refractivity contribution is 0.247. The molecular weight excluding hydrogens is 214 g/mol. The number of piperazine rings is 1. The molecule has 2 aliphatic rings. The molecule has 5 nitrogen and oxygen atoms in total. The van der Waals surface area contributed by atoms with Gasteiger partial charge in [0.1, 0.15) is 11.6 Å².